The lowest BCUT2D eigenvalue weighted by atomic mass is 9.84. The number of benzene rings is 4. The van der Waals surface area contributed by atoms with Crippen LogP contribution in [0.3, 0.4) is 0 Å². The Morgan fingerprint density at radius 3 is 2.26 bits per heavy atom. The van der Waals surface area contributed by atoms with Crippen LogP contribution >= 0.6 is 0 Å². The fourth-order valence-corrected chi connectivity index (χ4v) is 7.89. The number of fused-ring (bicyclic) bond motifs is 5. The number of aryl methyl sites for hydroxylation is 1. The number of rotatable bonds is 1. The van der Waals surface area contributed by atoms with Gasteiger partial charge in [-0.3, -0.25) is 0 Å². The minimum Gasteiger partial charge on any atom is -0.192 e. The lowest BCUT2D eigenvalue weighted by Gasteiger charge is -2.31. The Bertz CT molecular complexity index is 2130. The summed E-state index contributed by atoms with van der Waals surface area (Å²) in [6.45, 7) is 9.31. The third-order valence-corrected chi connectivity index (χ3v) is 10.0. The summed E-state index contributed by atoms with van der Waals surface area (Å²) in [6.07, 6.45) is 6.49. The minimum atomic E-state index is -0.0179. The molecule has 0 spiro atoms. The van der Waals surface area contributed by atoms with Crippen molar-refractivity contribution in [2.24, 2.45) is 0 Å². The van der Waals surface area contributed by atoms with E-state index in [0.717, 1.165) is 12.8 Å². The molecule has 2 aromatic heterocycles. The van der Waals surface area contributed by atoms with E-state index >= 15 is 0 Å². The number of para-hydroxylation sites is 1. The molecule has 1 atom stereocenters. The van der Waals surface area contributed by atoms with Crippen LogP contribution in [-0.4, -0.2) is 0 Å². The van der Waals surface area contributed by atoms with E-state index in [1.165, 1.54) is 78.2 Å². The third-order valence-electron chi connectivity index (χ3n) is 10.0. The molecule has 0 radical (unpaired) electrons. The smallest absolute Gasteiger partial charge is 0.192 e. The third kappa shape index (κ3) is 3.42. The highest BCUT2D eigenvalue weighted by Gasteiger charge is 2.48. The molecule has 3 heteroatoms. The summed E-state index contributed by atoms with van der Waals surface area (Å²) in [4.78, 5) is 2.46. The summed E-state index contributed by atoms with van der Waals surface area (Å²) in [5, 5.41) is 2.76. The van der Waals surface area contributed by atoms with Crippen molar-refractivity contribution in [1.82, 2.24) is 0 Å². The van der Waals surface area contributed by atoms with Crippen molar-refractivity contribution in [3.05, 3.63) is 149 Å². The van der Waals surface area contributed by atoms with Gasteiger partial charge in [0.1, 0.15) is 16.9 Å². The summed E-state index contributed by atoms with van der Waals surface area (Å²) >= 11 is 0. The molecule has 0 saturated carbocycles. The monoisotopic (exact) mass is 557 g/mol. The van der Waals surface area contributed by atoms with Crippen LogP contribution in [0.1, 0.15) is 66.0 Å². The summed E-state index contributed by atoms with van der Waals surface area (Å²) in [6, 6.07) is 36.5. The molecule has 0 N–H and O–H groups in total. The van der Waals surface area contributed by atoms with Gasteiger partial charge in [-0.15, -0.1) is 0 Å². The highest BCUT2D eigenvalue weighted by Crippen LogP contribution is 2.52. The van der Waals surface area contributed by atoms with Crippen LogP contribution < -0.4 is 14.0 Å². The highest BCUT2D eigenvalue weighted by atomic mass is 15.3. The zero-order valence-electron chi connectivity index (χ0n) is 25.2. The van der Waals surface area contributed by atoms with Crippen molar-refractivity contribution >= 4 is 28.0 Å². The molecule has 2 aliphatic heterocycles. The Kier molecular flexibility index (Phi) is 4.98. The van der Waals surface area contributed by atoms with Crippen molar-refractivity contribution in [1.29, 1.82) is 0 Å². The normalized spacial score (nSPS) is 15.9. The molecule has 3 aliphatic rings. The van der Waals surface area contributed by atoms with Gasteiger partial charge in [-0.25, -0.2) is 0 Å². The Morgan fingerprint density at radius 2 is 1.44 bits per heavy atom. The van der Waals surface area contributed by atoms with E-state index in [-0.39, 0.29) is 11.6 Å². The van der Waals surface area contributed by atoms with E-state index in [2.05, 4.69) is 151 Å². The van der Waals surface area contributed by atoms with Gasteiger partial charge >= 0.3 is 6.17 Å². The quantitative estimate of drug-likeness (QED) is 0.185. The maximum absolute atomic E-state index is 2.57. The molecule has 4 heterocycles. The van der Waals surface area contributed by atoms with Crippen LogP contribution in [0.25, 0.3) is 21.9 Å². The molecular formula is C40H35N3+2. The number of anilines is 3. The van der Waals surface area contributed by atoms with Gasteiger partial charge < -0.3 is 0 Å². The molecular weight excluding hydrogens is 522 g/mol. The first-order valence-electron chi connectivity index (χ1n) is 15.5. The molecule has 2 bridgehead atoms. The van der Waals surface area contributed by atoms with E-state index < -0.39 is 0 Å². The topological polar surface area (TPSA) is 11.0 Å². The van der Waals surface area contributed by atoms with Gasteiger partial charge in [0, 0.05) is 23.8 Å². The van der Waals surface area contributed by atoms with E-state index in [4.69, 9.17) is 0 Å². The number of hydrogen-bond donors (Lipinski definition) is 0. The summed E-state index contributed by atoms with van der Waals surface area (Å²) in [5.74, 6) is 1.17. The fourth-order valence-electron chi connectivity index (χ4n) is 7.89. The molecule has 43 heavy (non-hydrogen) atoms. The summed E-state index contributed by atoms with van der Waals surface area (Å²) < 4.78 is 5.06. The van der Waals surface area contributed by atoms with E-state index in [9.17, 15) is 0 Å². The number of hydrogen-bond acceptors (Lipinski definition) is 1. The molecule has 6 aromatic rings. The second-order valence-corrected chi connectivity index (χ2v) is 13.5. The van der Waals surface area contributed by atoms with E-state index in [0.29, 0.717) is 0 Å². The predicted octanol–water partition coefficient (Wildman–Crippen LogP) is 8.37. The first-order chi connectivity index (χ1) is 20.9. The van der Waals surface area contributed by atoms with Crippen molar-refractivity contribution in [3.8, 4) is 11.1 Å². The second-order valence-electron chi connectivity index (χ2n) is 13.5. The number of pyridine rings is 2. The average Bonchev–Trinajstić information content (AvgIpc) is 3.40. The van der Waals surface area contributed by atoms with Gasteiger partial charge in [0.2, 0.25) is 0 Å². The molecule has 3 nitrogen and oxygen atoms in total. The van der Waals surface area contributed by atoms with E-state index in [1.807, 2.05) is 0 Å². The maximum Gasteiger partial charge on any atom is 0.331 e. The second kappa shape index (κ2) is 8.64. The molecule has 0 fully saturated rings. The van der Waals surface area contributed by atoms with Crippen molar-refractivity contribution in [3.63, 3.8) is 0 Å². The van der Waals surface area contributed by atoms with Crippen molar-refractivity contribution < 1.29 is 9.13 Å². The zero-order valence-corrected chi connectivity index (χ0v) is 25.2. The van der Waals surface area contributed by atoms with Crippen LogP contribution in [0.15, 0.2) is 109 Å². The van der Waals surface area contributed by atoms with Crippen LogP contribution in [0, 0.1) is 6.92 Å². The van der Waals surface area contributed by atoms with Crippen LogP contribution in [0.4, 0.5) is 17.2 Å². The highest BCUT2D eigenvalue weighted by molar-refractivity contribution is 6.05. The Labute approximate surface area is 253 Å². The van der Waals surface area contributed by atoms with E-state index in [1.54, 1.807) is 0 Å². The van der Waals surface area contributed by atoms with Gasteiger partial charge in [-0.05, 0) is 87.2 Å². The van der Waals surface area contributed by atoms with Crippen molar-refractivity contribution in [2.75, 3.05) is 4.90 Å². The lowest BCUT2D eigenvalue weighted by Crippen LogP contribution is -2.63. The van der Waals surface area contributed by atoms with Crippen LogP contribution in [-0.2, 0) is 18.3 Å². The van der Waals surface area contributed by atoms with Crippen molar-refractivity contribution in [2.45, 2.75) is 52.1 Å². The standard InChI is InChI=1S/C40H35N3/c1-25-27-15-13-26-14-16-28-22-29-17-18-33-38(37(29)36(28)35(25)26)39(41-21-19-30(40(2,3)4)24-32(41)23-27)42-20-9-8-12-34(42)43(33)31-10-6-5-7-11-31/h5-21,24,39H,22-23H2,1-4H3/q+2. The molecule has 4 aromatic carbocycles. The zero-order chi connectivity index (χ0) is 29.0. The fraction of sp³-hybridized carbons (Fsp3) is 0.200. The van der Waals surface area contributed by atoms with Gasteiger partial charge in [-0.1, -0.05) is 75.4 Å². The lowest BCUT2D eigenvalue weighted by molar-refractivity contribution is -0.931. The first-order valence-corrected chi connectivity index (χ1v) is 15.5. The van der Waals surface area contributed by atoms with Gasteiger partial charge in [0.25, 0.3) is 5.82 Å². The molecule has 9 rings (SSSR count). The molecule has 208 valence electrons. The van der Waals surface area contributed by atoms with Crippen LogP contribution in [0.2, 0.25) is 0 Å². The number of aromatic nitrogens is 2. The van der Waals surface area contributed by atoms with Crippen LogP contribution in [0.5, 0.6) is 0 Å². The van der Waals surface area contributed by atoms with Gasteiger partial charge in [-0.2, -0.15) is 14.0 Å². The molecule has 0 amide bonds. The average molecular weight is 558 g/mol. The molecule has 1 unspecified atom stereocenters. The largest absolute Gasteiger partial charge is 0.331 e. The van der Waals surface area contributed by atoms with Gasteiger partial charge in [0.15, 0.2) is 11.9 Å². The predicted molar refractivity (Wildman–Crippen MR) is 173 cm³/mol. The minimum absolute atomic E-state index is 0.0179. The number of nitrogens with zero attached hydrogens (tertiary/aromatic N) is 3. The Balaban J connectivity index is 1.48. The SMILES string of the molecule is Cc1c2ccc3ccc4c(c13)-c1c(ccc3c1C([n+]1ccc(C(C)(C)C)cc1C2)[n+]1ccccc1N3c1ccccc1)C4. The Morgan fingerprint density at radius 1 is 0.698 bits per heavy atom. The summed E-state index contributed by atoms with van der Waals surface area (Å²) in [5.41, 5.74) is 15.2. The summed E-state index contributed by atoms with van der Waals surface area (Å²) in [7, 11) is 0. The van der Waals surface area contributed by atoms with Gasteiger partial charge in [0.05, 0.1) is 12.6 Å². The Hall–Kier alpha value is -4.76. The maximum atomic E-state index is 2.57. The molecule has 0 saturated heterocycles. The first kappa shape index (κ1) is 24.8. The molecule has 1 aliphatic carbocycles.